The summed E-state index contributed by atoms with van der Waals surface area (Å²) in [6.07, 6.45) is 2.16. The van der Waals surface area contributed by atoms with E-state index < -0.39 is 0 Å². The van der Waals surface area contributed by atoms with Crippen molar-refractivity contribution in [3.05, 3.63) is 137 Å². The van der Waals surface area contributed by atoms with Crippen molar-refractivity contribution in [1.29, 1.82) is 0 Å². The Morgan fingerprint density at radius 1 is 0.711 bits per heavy atom. The molecule has 0 aromatic heterocycles. The van der Waals surface area contributed by atoms with Crippen molar-refractivity contribution in [2.45, 2.75) is 19.8 Å². The number of rotatable bonds is 4. The minimum Gasteiger partial charge on any atom is -0.344 e. The molecule has 0 atom stereocenters. The smallest absolute Gasteiger partial charge is 0.0499 e. The molecule has 5 aromatic rings. The molecule has 0 aliphatic carbocycles. The van der Waals surface area contributed by atoms with Gasteiger partial charge in [0, 0.05) is 47.0 Å². The minimum atomic E-state index is 0.362. The zero-order chi connectivity index (χ0) is 26.2. The lowest BCUT2D eigenvalue weighted by Gasteiger charge is -2.36. The summed E-state index contributed by atoms with van der Waals surface area (Å²) in [6, 6.07) is 41.3. The van der Waals surface area contributed by atoms with E-state index >= 15 is 0 Å². The molecule has 0 radical (unpaired) electrons. The summed E-state index contributed by atoms with van der Waals surface area (Å²) in [4.78, 5) is 4.67. The van der Waals surface area contributed by atoms with Gasteiger partial charge < -0.3 is 9.80 Å². The minimum absolute atomic E-state index is 0.362. The Bertz CT molecular complexity index is 1670. The van der Waals surface area contributed by atoms with Crippen LogP contribution in [0.25, 0.3) is 23.8 Å². The number of para-hydroxylation sites is 2. The highest BCUT2D eigenvalue weighted by Gasteiger charge is 2.28. The summed E-state index contributed by atoms with van der Waals surface area (Å²) in [5.41, 5.74) is 11.1. The molecule has 0 bridgehead atoms. The second kappa shape index (κ2) is 9.72. The maximum absolute atomic E-state index is 4.30. The van der Waals surface area contributed by atoms with Crippen LogP contribution in [0.15, 0.2) is 115 Å². The lowest BCUT2D eigenvalue weighted by atomic mass is 9.86. The van der Waals surface area contributed by atoms with Crippen LogP contribution in [0.3, 0.4) is 0 Å². The quantitative estimate of drug-likeness (QED) is 0.249. The predicted octanol–water partition coefficient (Wildman–Crippen LogP) is 8.27. The molecule has 2 heteroatoms. The maximum Gasteiger partial charge on any atom is 0.0499 e. The fourth-order valence-corrected chi connectivity index (χ4v) is 5.82. The summed E-state index contributed by atoms with van der Waals surface area (Å²) in [6.45, 7) is 8.69. The van der Waals surface area contributed by atoms with Gasteiger partial charge in [0.15, 0.2) is 0 Å². The first-order valence-corrected chi connectivity index (χ1v) is 13.2. The molecule has 5 aromatic carbocycles. The molecule has 38 heavy (non-hydrogen) atoms. The normalized spacial score (nSPS) is 13.2. The van der Waals surface area contributed by atoms with E-state index in [1.807, 2.05) is 0 Å². The highest BCUT2D eigenvalue weighted by Crippen LogP contribution is 2.48. The van der Waals surface area contributed by atoms with Gasteiger partial charge in [0.05, 0.1) is 0 Å². The molecular weight excluding hydrogens is 460 g/mol. The topological polar surface area (TPSA) is 6.48 Å². The van der Waals surface area contributed by atoms with Gasteiger partial charge in [-0.25, -0.2) is 0 Å². The average molecular weight is 493 g/mol. The lowest BCUT2D eigenvalue weighted by molar-refractivity contribution is 0.892. The lowest BCUT2D eigenvalue weighted by Crippen LogP contribution is -2.27. The Kier molecular flexibility index (Phi) is 6.09. The van der Waals surface area contributed by atoms with Crippen LogP contribution in [0.5, 0.6) is 0 Å². The van der Waals surface area contributed by atoms with Crippen LogP contribution >= 0.6 is 0 Å². The Morgan fingerprint density at radius 3 is 1.89 bits per heavy atom. The van der Waals surface area contributed by atoms with E-state index in [0.29, 0.717) is 5.92 Å². The van der Waals surface area contributed by atoms with Crippen LogP contribution in [0, 0.1) is 0 Å². The summed E-state index contributed by atoms with van der Waals surface area (Å²) < 4.78 is 0. The molecule has 2 nitrogen and oxygen atoms in total. The Hall–Kier alpha value is -4.56. The molecule has 0 amide bonds. The summed E-state index contributed by atoms with van der Waals surface area (Å²) in [5.74, 6) is 0.362. The third-order valence-electron chi connectivity index (χ3n) is 7.81. The van der Waals surface area contributed by atoms with E-state index in [1.54, 1.807) is 0 Å². The highest BCUT2D eigenvalue weighted by atomic mass is 15.2. The molecule has 186 valence electrons. The highest BCUT2D eigenvalue weighted by molar-refractivity contribution is 5.86. The first-order chi connectivity index (χ1) is 18.6. The number of hydrogen-bond donors (Lipinski definition) is 0. The van der Waals surface area contributed by atoms with Crippen LogP contribution in [-0.4, -0.2) is 7.05 Å². The van der Waals surface area contributed by atoms with Gasteiger partial charge in [-0.05, 0) is 76.5 Å². The molecule has 6 rings (SSSR count). The van der Waals surface area contributed by atoms with Crippen molar-refractivity contribution >= 4 is 41.1 Å². The van der Waals surface area contributed by atoms with Crippen molar-refractivity contribution in [1.82, 2.24) is 0 Å². The zero-order valence-electron chi connectivity index (χ0n) is 22.2. The van der Waals surface area contributed by atoms with Gasteiger partial charge in [-0.15, -0.1) is 0 Å². The van der Waals surface area contributed by atoms with Crippen LogP contribution in [0.4, 0.5) is 28.4 Å². The Morgan fingerprint density at radius 2 is 1.29 bits per heavy atom. The van der Waals surface area contributed by atoms with Crippen LogP contribution in [0.1, 0.15) is 30.9 Å². The summed E-state index contributed by atoms with van der Waals surface area (Å²) in [7, 11) is 2.14. The number of benzene rings is 5. The van der Waals surface area contributed by atoms with Crippen LogP contribution in [0.2, 0.25) is 0 Å². The molecule has 1 heterocycles. The molecule has 0 saturated carbocycles. The van der Waals surface area contributed by atoms with E-state index in [2.05, 4.69) is 159 Å². The van der Waals surface area contributed by atoms with E-state index in [1.165, 1.54) is 38.8 Å². The molecule has 1 aliphatic heterocycles. The van der Waals surface area contributed by atoms with Gasteiger partial charge in [-0.3, -0.25) is 0 Å². The van der Waals surface area contributed by atoms with Gasteiger partial charge in [-0.2, -0.15) is 0 Å². The predicted molar refractivity (Wildman–Crippen MR) is 163 cm³/mol. The molecule has 0 N–H and O–H groups in total. The third kappa shape index (κ3) is 3.90. The Labute approximate surface area is 225 Å². The van der Waals surface area contributed by atoms with Crippen molar-refractivity contribution < 1.29 is 0 Å². The second-order valence-corrected chi connectivity index (χ2v) is 9.94. The van der Waals surface area contributed by atoms with Crippen molar-refractivity contribution in [3.8, 4) is 11.1 Å². The third-order valence-corrected chi connectivity index (χ3v) is 7.81. The van der Waals surface area contributed by atoms with Gasteiger partial charge in [-0.1, -0.05) is 92.4 Å². The van der Waals surface area contributed by atoms with Crippen molar-refractivity contribution in [2.75, 3.05) is 16.8 Å². The molecule has 0 fully saturated rings. The van der Waals surface area contributed by atoms with Gasteiger partial charge in [0.2, 0.25) is 0 Å². The zero-order valence-corrected chi connectivity index (χ0v) is 22.2. The monoisotopic (exact) mass is 492 g/mol. The van der Waals surface area contributed by atoms with Gasteiger partial charge >= 0.3 is 0 Å². The molecule has 1 aliphatic rings. The van der Waals surface area contributed by atoms with E-state index in [0.717, 1.165) is 22.3 Å². The molecular formula is C36H32N2. The standard InChI is InChI=1S/C36H32N2/c1-5-30-25(2)19-24-35(36(30)27-13-7-6-8-14-27)37(4)28-20-22-29(23-21-28)38-33-17-11-9-15-31(33)26(3)32-16-10-12-18-34(32)38/h5-24,26H,2H2,1,3-4H3/b30-5+. The van der Waals surface area contributed by atoms with Crippen molar-refractivity contribution in [3.63, 3.8) is 0 Å². The molecule has 0 spiro atoms. The number of nitrogens with zero attached hydrogens (tertiary/aromatic N) is 2. The number of hydrogen-bond acceptors (Lipinski definition) is 2. The van der Waals surface area contributed by atoms with Crippen LogP contribution in [-0.2, 0) is 0 Å². The fourth-order valence-electron chi connectivity index (χ4n) is 5.82. The first-order valence-electron chi connectivity index (χ1n) is 13.2. The van der Waals surface area contributed by atoms with E-state index in [4.69, 9.17) is 0 Å². The SMILES string of the molecule is C=c1ccc(N(C)c2ccc(N3c4ccccc4C(C)c4ccccc43)cc2)c(-c2ccccc2)/c1=C/C. The molecule has 0 unspecified atom stereocenters. The van der Waals surface area contributed by atoms with Gasteiger partial charge in [0.1, 0.15) is 0 Å². The van der Waals surface area contributed by atoms with Gasteiger partial charge in [0.25, 0.3) is 0 Å². The van der Waals surface area contributed by atoms with Crippen LogP contribution < -0.4 is 20.2 Å². The largest absolute Gasteiger partial charge is 0.344 e. The second-order valence-electron chi connectivity index (χ2n) is 9.94. The summed E-state index contributed by atoms with van der Waals surface area (Å²) >= 11 is 0. The molecule has 0 saturated heterocycles. The first kappa shape index (κ1) is 23.8. The number of fused-ring (bicyclic) bond motifs is 2. The van der Waals surface area contributed by atoms with E-state index in [9.17, 15) is 0 Å². The Balaban J connectivity index is 1.43. The fraction of sp³-hybridized carbons (Fsp3) is 0.111. The van der Waals surface area contributed by atoms with Crippen molar-refractivity contribution in [2.24, 2.45) is 0 Å². The number of anilines is 5. The average Bonchev–Trinajstić information content (AvgIpc) is 2.97. The maximum atomic E-state index is 4.30. The summed E-state index contributed by atoms with van der Waals surface area (Å²) in [5, 5.41) is 2.21. The van der Waals surface area contributed by atoms with E-state index in [-0.39, 0.29) is 0 Å².